The van der Waals surface area contributed by atoms with Crippen LogP contribution in [-0.4, -0.2) is 35.2 Å². The number of pyridine rings is 1. The minimum atomic E-state index is -0.124. The summed E-state index contributed by atoms with van der Waals surface area (Å²) in [5, 5.41) is 0.908. The number of aromatic amines is 1. The molecule has 0 unspecified atom stereocenters. The zero-order valence-corrected chi connectivity index (χ0v) is 11.0. The molecule has 0 spiro atoms. The predicted molar refractivity (Wildman–Crippen MR) is 74.3 cm³/mol. The molecule has 0 aliphatic carbocycles. The molecule has 0 saturated carbocycles. The van der Waals surface area contributed by atoms with Crippen molar-refractivity contribution in [2.75, 3.05) is 25.1 Å². The van der Waals surface area contributed by atoms with Gasteiger partial charge in [0.1, 0.15) is 21.7 Å². The molecule has 19 heavy (non-hydrogen) atoms. The molecule has 6 nitrogen and oxygen atoms in total. The Morgan fingerprint density at radius 3 is 3.26 bits per heavy atom. The van der Waals surface area contributed by atoms with Gasteiger partial charge in [0.15, 0.2) is 5.75 Å². The molecule has 0 bridgehead atoms. The van der Waals surface area contributed by atoms with Crippen molar-refractivity contribution in [2.24, 2.45) is 0 Å². The number of rotatable bonds is 0. The molecule has 4 rings (SSSR count). The number of H-pyrrole nitrogens is 1. The lowest BCUT2D eigenvalue weighted by Gasteiger charge is -2.27. The molecule has 7 heteroatoms. The fourth-order valence-electron chi connectivity index (χ4n) is 2.40. The van der Waals surface area contributed by atoms with E-state index in [1.165, 1.54) is 17.7 Å². The standard InChI is InChI=1S/C12H10N4O2S/c1-16-2-3-18-6-4-13-12-7(9(6)16)8-10(19-12)11(17)15-5-14-8/h4-5H,2-3H2,1H3,(H,14,15,17). The number of hydrogen-bond acceptors (Lipinski definition) is 6. The highest BCUT2D eigenvalue weighted by Crippen LogP contribution is 2.42. The largest absolute Gasteiger partial charge is 0.488 e. The van der Waals surface area contributed by atoms with Crippen molar-refractivity contribution >= 4 is 37.5 Å². The van der Waals surface area contributed by atoms with E-state index < -0.39 is 0 Å². The van der Waals surface area contributed by atoms with Crippen molar-refractivity contribution in [1.82, 2.24) is 15.0 Å². The molecular weight excluding hydrogens is 264 g/mol. The minimum Gasteiger partial charge on any atom is -0.488 e. The number of ether oxygens (including phenoxy) is 1. The summed E-state index contributed by atoms with van der Waals surface area (Å²) in [5.74, 6) is 0.753. The van der Waals surface area contributed by atoms with Gasteiger partial charge in [-0.15, -0.1) is 11.3 Å². The molecule has 1 aliphatic rings. The fourth-order valence-corrected chi connectivity index (χ4v) is 3.40. The first-order valence-electron chi connectivity index (χ1n) is 5.88. The van der Waals surface area contributed by atoms with Crippen molar-refractivity contribution in [3.8, 4) is 5.75 Å². The van der Waals surface area contributed by atoms with Crippen LogP contribution in [0.4, 0.5) is 5.69 Å². The molecule has 3 aromatic rings. The Hall–Kier alpha value is -2.15. The number of thiophene rings is 1. The molecule has 1 aliphatic heterocycles. The van der Waals surface area contributed by atoms with Crippen LogP contribution in [0.2, 0.25) is 0 Å². The number of anilines is 1. The molecule has 1 N–H and O–H groups in total. The summed E-state index contributed by atoms with van der Waals surface area (Å²) < 4.78 is 6.25. The van der Waals surface area contributed by atoms with Crippen LogP contribution in [0.15, 0.2) is 17.3 Å². The van der Waals surface area contributed by atoms with Crippen LogP contribution in [-0.2, 0) is 0 Å². The van der Waals surface area contributed by atoms with Crippen LogP contribution in [0.3, 0.4) is 0 Å². The van der Waals surface area contributed by atoms with Gasteiger partial charge in [-0.25, -0.2) is 9.97 Å². The molecule has 0 radical (unpaired) electrons. The molecule has 3 aromatic heterocycles. The second-order valence-corrected chi connectivity index (χ2v) is 5.43. The van der Waals surface area contributed by atoms with E-state index in [-0.39, 0.29) is 5.56 Å². The number of nitrogens with zero attached hydrogens (tertiary/aromatic N) is 3. The Balaban J connectivity index is 2.24. The van der Waals surface area contributed by atoms with Gasteiger partial charge in [0, 0.05) is 7.05 Å². The van der Waals surface area contributed by atoms with Crippen LogP contribution in [0.25, 0.3) is 20.4 Å². The van der Waals surface area contributed by atoms with E-state index in [0.29, 0.717) is 16.8 Å². The topological polar surface area (TPSA) is 71.1 Å². The van der Waals surface area contributed by atoms with Gasteiger partial charge in [-0.1, -0.05) is 0 Å². The average Bonchev–Trinajstić information content (AvgIpc) is 2.79. The van der Waals surface area contributed by atoms with Gasteiger partial charge in [-0.3, -0.25) is 4.79 Å². The molecule has 96 valence electrons. The van der Waals surface area contributed by atoms with Gasteiger partial charge in [-0.05, 0) is 0 Å². The number of nitrogens with one attached hydrogen (secondary N) is 1. The molecule has 0 atom stereocenters. The third kappa shape index (κ3) is 1.39. The third-order valence-corrected chi connectivity index (χ3v) is 4.38. The van der Waals surface area contributed by atoms with Crippen LogP contribution in [0.1, 0.15) is 0 Å². The van der Waals surface area contributed by atoms with Crippen LogP contribution >= 0.6 is 11.3 Å². The Morgan fingerprint density at radius 2 is 2.37 bits per heavy atom. The first-order chi connectivity index (χ1) is 9.25. The number of fused-ring (bicyclic) bond motifs is 5. The summed E-state index contributed by atoms with van der Waals surface area (Å²) in [5.41, 5.74) is 1.55. The highest BCUT2D eigenvalue weighted by Gasteiger charge is 2.23. The van der Waals surface area contributed by atoms with E-state index in [4.69, 9.17) is 4.74 Å². The van der Waals surface area contributed by atoms with Crippen LogP contribution < -0.4 is 15.2 Å². The first kappa shape index (κ1) is 10.7. The monoisotopic (exact) mass is 274 g/mol. The summed E-state index contributed by atoms with van der Waals surface area (Å²) in [4.78, 5) is 26.1. The molecule has 4 heterocycles. The van der Waals surface area contributed by atoms with Crippen molar-refractivity contribution in [3.63, 3.8) is 0 Å². The Labute approximate surface area is 111 Å². The van der Waals surface area contributed by atoms with Gasteiger partial charge in [-0.2, -0.15) is 0 Å². The average molecular weight is 274 g/mol. The molecule has 0 saturated heterocycles. The van der Waals surface area contributed by atoms with E-state index in [1.54, 1.807) is 6.20 Å². The molecule has 0 fully saturated rings. The van der Waals surface area contributed by atoms with Crippen LogP contribution in [0.5, 0.6) is 5.75 Å². The minimum absolute atomic E-state index is 0.124. The zero-order chi connectivity index (χ0) is 13.0. The summed E-state index contributed by atoms with van der Waals surface area (Å²) in [6, 6.07) is 0. The molecule has 0 amide bonds. The predicted octanol–water partition coefficient (Wildman–Crippen LogP) is 1.36. The number of aromatic nitrogens is 3. The Morgan fingerprint density at radius 1 is 1.47 bits per heavy atom. The van der Waals surface area contributed by atoms with E-state index >= 15 is 0 Å². The van der Waals surface area contributed by atoms with Gasteiger partial charge in [0.25, 0.3) is 5.56 Å². The maximum Gasteiger partial charge on any atom is 0.268 e. The lowest BCUT2D eigenvalue weighted by Crippen LogP contribution is -2.29. The number of likely N-dealkylation sites (N-methyl/N-ethyl adjacent to an activating group) is 1. The van der Waals surface area contributed by atoms with Crippen LogP contribution in [0, 0.1) is 0 Å². The van der Waals surface area contributed by atoms with Gasteiger partial charge < -0.3 is 14.6 Å². The van der Waals surface area contributed by atoms with E-state index in [0.717, 1.165) is 28.2 Å². The SMILES string of the molecule is CN1CCOc2cnc3sc4c(=O)[nH]cnc4c3c21. The second kappa shape index (κ2) is 3.67. The van der Waals surface area contributed by atoms with E-state index in [1.807, 2.05) is 7.05 Å². The lowest BCUT2D eigenvalue weighted by molar-refractivity contribution is 0.311. The Kier molecular flexibility index (Phi) is 2.08. The summed E-state index contributed by atoms with van der Waals surface area (Å²) in [6.45, 7) is 1.46. The maximum absolute atomic E-state index is 11.8. The highest BCUT2D eigenvalue weighted by molar-refractivity contribution is 7.25. The molecular formula is C12H10N4O2S. The van der Waals surface area contributed by atoms with Crippen molar-refractivity contribution < 1.29 is 4.74 Å². The highest BCUT2D eigenvalue weighted by atomic mass is 32.1. The zero-order valence-electron chi connectivity index (χ0n) is 10.1. The van der Waals surface area contributed by atoms with Crippen molar-refractivity contribution in [3.05, 3.63) is 22.9 Å². The number of hydrogen-bond donors (Lipinski definition) is 1. The maximum atomic E-state index is 11.8. The van der Waals surface area contributed by atoms with E-state index in [9.17, 15) is 4.79 Å². The third-order valence-electron chi connectivity index (χ3n) is 3.30. The summed E-state index contributed by atoms with van der Waals surface area (Å²) >= 11 is 1.36. The van der Waals surface area contributed by atoms with Gasteiger partial charge >= 0.3 is 0 Å². The summed E-state index contributed by atoms with van der Waals surface area (Å²) in [6.07, 6.45) is 3.15. The second-order valence-electron chi connectivity index (χ2n) is 4.43. The first-order valence-corrected chi connectivity index (χ1v) is 6.70. The van der Waals surface area contributed by atoms with Gasteiger partial charge in [0.05, 0.1) is 30.1 Å². The van der Waals surface area contributed by atoms with Crippen molar-refractivity contribution in [1.29, 1.82) is 0 Å². The van der Waals surface area contributed by atoms with E-state index in [2.05, 4.69) is 19.9 Å². The normalized spacial score (nSPS) is 14.7. The fraction of sp³-hybridized carbons (Fsp3) is 0.250. The Bertz CT molecular complexity index is 854. The molecule has 0 aromatic carbocycles. The lowest BCUT2D eigenvalue weighted by atomic mass is 10.2. The quantitative estimate of drug-likeness (QED) is 0.670. The summed E-state index contributed by atoms with van der Waals surface area (Å²) in [7, 11) is 2.01. The van der Waals surface area contributed by atoms with Gasteiger partial charge in [0.2, 0.25) is 0 Å². The van der Waals surface area contributed by atoms with Crippen molar-refractivity contribution in [2.45, 2.75) is 0 Å². The smallest absolute Gasteiger partial charge is 0.268 e.